The molecule has 0 radical (unpaired) electrons. The topological polar surface area (TPSA) is 114 Å². The molecule has 0 aromatic heterocycles. The summed E-state index contributed by atoms with van der Waals surface area (Å²) in [6, 6.07) is 5.23. The first-order valence-electron chi connectivity index (χ1n) is 9.35. The van der Waals surface area contributed by atoms with Gasteiger partial charge in [-0.3, -0.25) is 9.52 Å². The Hall–Kier alpha value is -1.56. The molecule has 0 saturated carbocycles. The lowest BCUT2D eigenvalue weighted by atomic mass is 9.99. The van der Waals surface area contributed by atoms with Crippen LogP contribution in [0.2, 0.25) is 0 Å². The molecule has 1 fully saturated rings. The first-order chi connectivity index (χ1) is 13.3. The molecular weight excluding hydrogens is 495 g/mol. The number of nitrogens with zero attached hydrogens (tertiary/aromatic N) is 2. The second kappa shape index (κ2) is 8.85. The highest BCUT2D eigenvalue weighted by molar-refractivity contribution is 14.1. The number of likely N-dealkylation sites (tertiary alicyclic amines) is 1. The Morgan fingerprint density at radius 3 is 3.00 bits per heavy atom. The number of fused-ring (bicyclic) bond motifs is 1. The molecule has 1 aromatic carbocycles. The Morgan fingerprint density at radius 2 is 2.25 bits per heavy atom. The summed E-state index contributed by atoms with van der Waals surface area (Å²) < 4.78 is 35.4. The van der Waals surface area contributed by atoms with Crippen LogP contribution in [0.15, 0.2) is 22.6 Å². The second-order valence-electron chi connectivity index (χ2n) is 7.09. The van der Waals surface area contributed by atoms with Crippen LogP contribution in [0, 0.1) is 0 Å². The fourth-order valence-electron chi connectivity index (χ4n) is 3.63. The minimum atomic E-state index is -3.81. The molecule has 1 aromatic rings. The highest BCUT2D eigenvalue weighted by Crippen LogP contribution is 2.31. The molecule has 10 heteroatoms. The van der Waals surface area contributed by atoms with Gasteiger partial charge in [-0.15, -0.1) is 4.40 Å². The predicted octanol–water partition coefficient (Wildman–Crippen LogP) is 2.43. The minimum absolute atomic E-state index is 0.0881. The van der Waals surface area contributed by atoms with Gasteiger partial charge in [0.05, 0.1) is 17.9 Å². The maximum Gasteiger partial charge on any atom is 0.344 e. The summed E-state index contributed by atoms with van der Waals surface area (Å²) in [5.74, 6) is 0.597. The summed E-state index contributed by atoms with van der Waals surface area (Å²) >= 11 is 2.28. The van der Waals surface area contributed by atoms with E-state index in [9.17, 15) is 13.2 Å². The van der Waals surface area contributed by atoms with E-state index in [1.54, 1.807) is 18.2 Å². The van der Waals surface area contributed by atoms with Crippen molar-refractivity contribution in [2.45, 2.75) is 49.0 Å². The molecular formula is C18H25IN4O4S. The van der Waals surface area contributed by atoms with Crippen LogP contribution >= 0.6 is 22.6 Å². The summed E-state index contributed by atoms with van der Waals surface area (Å²) in [5, 5.41) is 0. The van der Waals surface area contributed by atoms with Crippen LogP contribution in [-0.2, 0) is 15.0 Å². The zero-order chi connectivity index (χ0) is 20.3. The van der Waals surface area contributed by atoms with Crippen molar-refractivity contribution < 1.29 is 17.9 Å². The van der Waals surface area contributed by atoms with Gasteiger partial charge in [-0.2, -0.15) is 8.42 Å². The molecule has 2 heterocycles. The van der Waals surface area contributed by atoms with E-state index in [1.165, 1.54) is 0 Å². The van der Waals surface area contributed by atoms with Gasteiger partial charge in [0.25, 0.3) is 0 Å². The maximum absolute atomic E-state index is 12.5. The number of amides is 1. The molecule has 2 atom stereocenters. The lowest BCUT2D eigenvalue weighted by Gasteiger charge is -2.36. The van der Waals surface area contributed by atoms with E-state index < -0.39 is 10.2 Å². The number of ether oxygens (including phenoxy) is 1. The molecule has 28 heavy (non-hydrogen) atoms. The number of nitrogens with one attached hydrogen (secondary N) is 1. The van der Waals surface area contributed by atoms with E-state index in [0.717, 1.165) is 25.8 Å². The zero-order valence-electron chi connectivity index (χ0n) is 15.7. The van der Waals surface area contributed by atoms with Crippen molar-refractivity contribution in [2.75, 3.05) is 17.9 Å². The standard InChI is InChI=1S/C18H25IN4O4S/c1-12(19)11-16(24)23-9-3-2-5-13(23)8-10-27-15-7-4-6-14-17(15)18(20)22-28(25,26)21-14/h4,6-7,12-13,21H,2-3,5,8-11H2,1H3,(H2,20,22)/t12-,13-/m1/s1. The molecule has 154 valence electrons. The average molecular weight is 520 g/mol. The number of nitrogens with two attached hydrogens (primary N) is 1. The molecule has 3 rings (SSSR count). The molecule has 2 aliphatic heterocycles. The summed E-state index contributed by atoms with van der Waals surface area (Å²) in [5.41, 5.74) is 6.65. The van der Waals surface area contributed by atoms with E-state index in [2.05, 4.69) is 31.7 Å². The molecule has 0 spiro atoms. The van der Waals surface area contributed by atoms with Crippen LogP contribution in [0.1, 0.15) is 44.6 Å². The minimum Gasteiger partial charge on any atom is -0.493 e. The van der Waals surface area contributed by atoms with E-state index in [0.29, 0.717) is 40.4 Å². The van der Waals surface area contributed by atoms with Crippen molar-refractivity contribution >= 4 is 50.2 Å². The van der Waals surface area contributed by atoms with Crippen molar-refractivity contribution in [3.05, 3.63) is 23.8 Å². The SMILES string of the molecule is C[C@@H](I)CC(=O)N1CCCC[C@@H]1CCOc1cccc2c1C(N)=NS(=O)(=O)N2. The van der Waals surface area contributed by atoms with E-state index >= 15 is 0 Å². The third kappa shape index (κ3) is 5.07. The largest absolute Gasteiger partial charge is 0.493 e. The summed E-state index contributed by atoms with van der Waals surface area (Å²) in [6.45, 7) is 3.25. The summed E-state index contributed by atoms with van der Waals surface area (Å²) in [7, 11) is -3.81. The third-order valence-corrected chi connectivity index (χ3v) is 6.21. The second-order valence-corrected chi connectivity index (χ2v) is 10.6. The number of alkyl halides is 1. The van der Waals surface area contributed by atoms with Gasteiger partial charge < -0.3 is 15.4 Å². The fourth-order valence-corrected chi connectivity index (χ4v) is 4.85. The van der Waals surface area contributed by atoms with Crippen molar-refractivity contribution in [2.24, 2.45) is 10.1 Å². The van der Waals surface area contributed by atoms with Gasteiger partial charge in [0.1, 0.15) is 5.75 Å². The molecule has 8 nitrogen and oxygen atoms in total. The Morgan fingerprint density at radius 1 is 1.46 bits per heavy atom. The van der Waals surface area contributed by atoms with Crippen molar-refractivity contribution in [3.63, 3.8) is 0 Å². The highest BCUT2D eigenvalue weighted by Gasteiger charge is 2.28. The molecule has 0 aliphatic carbocycles. The van der Waals surface area contributed by atoms with Gasteiger partial charge in [0.15, 0.2) is 5.84 Å². The Bertz CT molecular complexity index is 872. The number of carbonyl (C=O) groups excluding carboxylic acids is 1. The number of anilines is 1. The maximum atomic E-state index is 12.5. The number of amidine groups is 1. The monoisotopic (exact) mass is 520 g/mol. The normalized spacial score (nSPS) is 21.9. The Kier molecular flexibility index (Phi) is 6.69. The lowest BCUT2D eigenvalue weighted by Crippen LogP contribution is -2.44. The summed E-state index contributed by atoms with van der Waals surface area (Å²) in [6.07, 6.45) is 4.39. The van der Waals surface area contributed by atoms with E-state index in [-0.39, 0.29) is 17.8 Å². The Labute approximate surface area is 179 Å². The number of halogens is 1. The molecule has 0 unspecified atom stereocenters. The average Bonchev–Trinajstić information content (AvgIpc) is 2.60. The van der Waals surface area contributed by atoms with E-state index in [4.69, 9.17) is 10.5 Å². The van der Waals surface area contributed by atoms with Gasteiger partial charge in [-0.1, -0.05) is 35.6 Å². The zero-order valence-corrected chi connectivity index (χ0v) is 18.7. The van der Waals surface area contributed by atoms with Crippen LogP contribution in [0.25, 0.3) is 0 Å². The number of hydrogen-bond donors (Lipinski definition) is 2. The van der Waals surface area contributed by atoms with Crippen LogP contribution in [-0.4, -0.2) is 48.2 Å². The lowest BCUT2D eigenvalue weighted by molar-refractivity contribution is -0.135. The number of piperidine rings is 1. The number of benzene rings is 1. The summed E-state index contributed by atoms with van der Waals surface area (Å²) in [4.78, 5) is 14.5. The quantitative estimate of drug-likeness (QED) is 0.442. The predicted molar refractivity (Wildman–Crippen MR) is 117 cm³/mol. The van der Waals surface area contributed by atoms with Crippen LogP contribution in [0.4, 0.5) is 5.69 Å². The van der Waals surface area contributed by atoms with Crippen molar-refractivity contribution in [1.82, 2.24) is 4.90 Å². The van der Waals surface area contributed by atoms with Crippen LogP contribution in [0.5, 0.6) is 5.75 Å². The van der Waals surface area contributed by atoms with Crippen LogP contribution < -0.4 is 15.2 Å². The highest BCUT2D eigenvalue weighted by atomic mass is 127. The number of carbonyl (C=O) groups is 1. The van der Waals surface area contributed by atoms with Crippen molar-refractivity contribution in [3.8, 4) is 5.75 Å². The molecule has 2 aliphatic rings. The van der Waals surface area contributed by atoms with Crippen LogP contribution in [0.3, 0.4) is 0 Å². The Balaban J connectivity index is 1.66. The smallest absolute Gasteiger partial charge is 0.344 e. The van der Waals surface area contributed by atoms with Gasteiger partial charge in [0.2, 0.25) is 5.91 Å². The number of hydrogen-bond acceptors (Lipinski definition) is 5. The third-order valence-electron chi connectivity index (χ3n) is 4.85. The van der Waals surface area contributed by atoms with Gasteiger partial charge >= 0.3 is 10.2 Å². The molecule has 0 bridgehead atoms. The van der Waals surface area contributed by atoms with E-state index in [1.807, 2.05) is 11.8 Å². The van der Waals surface area contributed by atoms with Gasteiger partial charge in [0, 0.05) is 29.4 Å². The molecule has 1 amide bonds. The number of rotatable bonds is 6. The molecule has 1 saturated heterocycles. The first kappa shape index (κ1) is 21.2. The fraction of sp³-hybridized carbons (Fsp3) is 0.556. The van der Waals surface area contributed by atoms with Crippen molar-refractivity contribution in [1.29, 1.82) is 0 Å². The molecule has 3 N–H and O–H groups in total. The van der Waals surface area contributed by atoms with Gasteiger partial charge in [-0.05, 0) is 31.4 Å². The first-order valence-corrected chi connectivity index (χ1v) is 12.0. The van der Waals surface area contributed by atoms with Gasteiger partial charge in [-0.25, -0.2) is 0 Å².